The van der Waals surface area contributed by atoms with Gasteiger partial charge >= 0.3 is 0 Å². The molecule has 0 bridgehead atoms. The number of nitrogens with two attached hydrogens (primary N) is 1. The van der Waals surface area contributed by atoms with Crippen LogP contribution in [0, 0.1) is 5.92 Å². The van der Waals surface area contributed by atoms with Gasteiger partial charge in [-0.2, -0.15) is 0 Å². The summed E-state index contributed by atoms with van der Waals surface area (Å²) in [5.41, 5.74) is 6.15. The number of benzene rings is 1. The van der Waals surface area contributed by atoms with Gasteiger partial charge in [0.1, 0.15) is 4.99 Å². The van der Waals surface area contributed by atoms with Crippen molar-refractivity contribution in [2.45, 2.75) is 37.1 Å². The minimum absolute atomic E-state index is 0.0974. The van der Waals surface area contributed by atoms with Crippen molar-refractivity contribution in [3.8, 4) is 0 Å². The van der Waals surface area contributed by atoms with Crippen LogP contribution in [0.2, 0.25) is 0 Å². The van der Waals surface area contributed by atoms with Gasteiger partial charge in [0.05, 0.1) is 4.90 Å². The van der Waals surface area contributed by atoms with Crippen LogP contribution >= 0.6 is 12.2 Å². The Labute approximate surface area is 119 Å². The fourth-order valence-electron chi connectivity index (χ4n) is 2.15. The Balaban J connectivity index is 2.06. The first-order valence-electron chi connectivity index (χ1n) is 6.36. The summed E-state index contributed by atoms with van der Waals surface area (Å²) in [6, 6.07) is 6.43. The maximum atomic E-state index is 12.1. The monoisotopic (exact) mass is 298 g/mol. The van der Waals surface area contributed by atoms with E-state index in [4.69, 9.17) is 18.0 Å². The van der Waals surface area contributed by atoms with Crippen LogP contribution in [0.15, 0.2) is 29.2 Å². The summed E-state index contributed by atoms with van der Waals surface area (Å²) in [5, 5.41) is 0. The molecule has 0 spiro atoms. The zero-order chi connectivity index (χ0) is 14.0. The van der Waals surface area contributed by atoms with Crippen LogP contribution in [-0.2, 0) is 10.0 Å². The molecule has 1 fully saturated rings. The summed E-state index contributed by atoms with van der Waals surface area (Å²) in [7, 11) is -3.42. The maximum Gasteiger partial charge on any atom is 0.240 e. The average molecular weight is 298 g/mol. The fraction of sp³-hybridized carbons (Fsp3) is 0.462. The molecule has 3 N–H and O–H groups in total. The Kier molecular flexibility index (Phi) is 4.23. The Bertz CT molecular complexity index is 567. The van der Waals surface area contributed by atoms with Gasteiger partial charge in [0.25, 0.3) is 0 Å². The molecule has 0 saturated heterocycles. The lowest BCUT2D eigenvalue weighted by Gasteiger charge is -2.07. The van der Waals surface area contributed by atoms with Crippen LogP contribution in [0.25, 0.3) is 0 Å². The summed E-state index contributed by atoms with van der Waals surface area (Å²) in [4.78, 5) is 0.525. The summed E-state index contributed by atoms with van der Waals surface area (Å²) < 4.78 is 27.0. The van der Waals surface area contributed by atoms with E-state index in [9.17, 15) is 8.42 Å². The third kappa shape index (κ3) is 3.52. The van der Waals surface area contributed by atoms with Crippen molar-refractivity contribution in [2.24, 2.45) is 11.7 Å². The molecule has 19 heavy (non-hydrogen) atoms. The molecule has 104 valence electrons. The zero-order valence-electron chi connectivity index (χ0n) is 10.8. The van der Waals surface area contributed by atoms with Crippen molar-refractivity contribution < 1.29 is 8.42 Å². The van der Waals surface area contributed by atoms with Crippen LogP contribution < -0.4 is 10.5 Å². The molecule has 0 amide bonds. The highest BCUT2D eigenvalue weighted by Gasteiger charge is 2.39. The standard InChI is InChI=1S/C13H18N2O2S2/c1-2-3-10-8-12(10)15-19(16,17)11-6-4-9(5-7-11)13(14)18/h4-7,10,12,15H,2-3,8H2,1H3,(H2,14,18). The predicted molar refractivity (Wildman–Crippen MR) is 79.5 cm³/mol. The minimum Gasteiger partial charge on any atom is -0.389 e. The Morgan fingerprint density at radius 2 is 2.05 bits per heavy atom. The highest BCUT2D eigenvalue weighted by atomic mass is 32.2. The predicted octanol–water partition coefficient (Wildman–Crippen LogP) is 1.79. The highest BCUT2D eigenvalue weighted by molar-refractivity contribution is 7.89. The molecule has 4 nitrogen and oxygen atoms in total. The molecule has 2 atom stereocenters. The second-order valence-corrected chi connectivity index (χ2v) is 7.05. The topological polar surface area (TPSA) is 72.2 Å². The second kappa shape index (κ2) is 5.56. The molecule has 1 aromatic carbocycles. The van der Waals surface area contributed by atoms with Gasteiger partial charge in [0.15, 0.2) is 0 Å². The van der Waals surface area contributed by atoms with E-state index >= 15 is 0 Å². The molecule has 0 heterocycles. The molecule has 1 saturated carbocycles. The molecule has 6 heteroatoms. The smallest absolute Gasteiger partial charge is 0.240 e. The lowest BCUT2D eigenvalue weighted by Crippen LogP contribution is -2.27. The molecule has 1 aliphatic carbocycles. The van der Waals surface area contributed by atoms with Crippen molar-refractivity contribution in [1.29, 1.82) is 0 Å². The summed E-state index contributed by atoms with van der Waals surface area (Å²) in [6.45, 7) is 2.11. The van der Waals surface area contributed by atoms with Gasteiger partial charge < -0.3 is 5.73 Å². The van der Waals surface area contributed by atoms with Crippen LogP contribution in [0.1, 0.15) is 31.7 Å². The van der Waals surface area contributed by atoms with E-state index in [0.29, 0.717) is 11.5 Å². The third-order valence-electron chi connectivity index (χ3n) is 3.34. The average Bonchev–Trinajstić information content (AvgIpc) is 3.07. The molecule has 1 aliphatic rings. The SMILES string of the molecule is CCCC1CC1NS(=O)(=O)c1ccc(C(N)=S)cc1. The number of rotatable bonds is 6. The Morgan fingerprint density at radius 1 is 1.42 bits per heavy atom. The van der Waals surface area contributed by atoms with Gasteiger partial charge in [0.2, 0.25) is 10.0 Å². The molecular formula is C13H18N2O2S2. The van der Waals surface area contributed by atoms with Crippen molar-refractivity contribution in [3.63, 3.8) is 0 Å². The van der Waals surface area contributed by atoms with Crippen molar-refractivity contribution in [3.05, 3.63) is 29.8 Å². The lowest BCUT2D eigenvalue weighted by molar-refractivity contribution is 0.573. The van der Waals surface area contributed by atoms with E-state index in [1.165, 1.54) is 12.1 Å². The number of nitrogens with one attached hydrogen (secondary N) is 1. The van der Waals surface area contributed by atoms with Crippen LogP contribution in [0.5, 0.6) is 0 Å². The molecule has 2 unspecified atom stereocenters. The quantitative estimate of drug-likeness (QED) is 0.785. The summed E-state index contributed by atoms with van der Waals surface area (Å²) in [6.07, 6.45) is 3.11. The first-order valence-corrected chi connectivity index (χ1v) is 8.25. The second-order valence-electron chi connectivity index (χ2n) is 4.90. The fourth-order valence-corrected chi connectivity index (χ4v) is 3.60. The normalized spacial score (nSPS) is 22.2. The maximum absolute atomic E-state index is 12.1. The molecule has 0 radical (unpaired) electrons. The largest absolute Gasteiger partial charge is 0.389 e. The Hall–Kier alpha value is -0.980. The number of hydrogen-bond acceptors (Lipinski definition) is 3. The van der Waals surface area contributed by atoms with E-state index in [1.807, 2.05) is 0 Å². The third-order valence-corrected chi connectivity index (χ3v) is 5.08. The number of thiocarbonyl (C=S) groups is 1. The van der Waals surface area contributed by atoms with Gasteiger partial charge in [-0.1, -0.05) is 37.7 Å². The highest BCUT2D eigenvalue weighted by Crippen LogP contribution is 2.35. The van der Waals surface area contributed by atoms with E-state index in [1.54, 1.807) is 12.1 Å². The Morgan fingerprint density at radius 3 is 2.58 bits per heavy atom. The van der Waals surface area contributed by atoms with Gasteiger partial charge in [0, 0.05) is 11.6 Å². The van der Waals surface area contributed by atoms with Crippen molar-refractivity contribution in [1.82, 2.24) is 4.72 Å². The van der Waals surface area contributed by atoms with Crippen LogP contribution in [-0.4, -0.2) is 19.4 Å². The van der Waals surface area contributed by atoms with Crippen LogP contribution in [0.3, 0.4) is 0 Å². The molecule has 1 aromatic rings. The minimum atomic E-state index is -3.42. The summed E-state index contributed by atoms with van der Waals surface area (Å²) in [5.74, 6) is 0.496. The van der Waals surface area contributed by atoms with Crippen molar-refractivity contribution in [2.75, 3.05) is 0 Å². The van der Waals surface area contributed by atoms with E-state index in [-0.39, 0.29) is 15.9 Å². The number of sulfonamides is 1. The van der Waals surface area contributed by atoms with Gasteiger partial charge in [-0.25, -0.2) is 13.1 Å². The van der Waals surface area contributed by atoms with Gasteiger partial charge in [-0.15, -0.1) is 0 Å². The van der Waals surface area contributed by atoms with Gasteiger partial charge in [-0.05, 0) is 30.9 Å². The molecular weight excluding hydrogens is 280 g/mol. The van der Waals surface area contributed by atoms with E-state index < -0.39 is 10.0 Å². The zero-order valence-corrected chi connectivity index (χ0v) is 12.4. The first kappa shape index (κ1) is 14.4. The first-order chi connectivity index (χ1) is 8.94. The van der Waals surface area contributed by atoms with Gasteiger partial charge in [-0.3, -0.25) is 0 Å². The van der Waals surface area contributed by atoms with Crippen molar-refractivity contribution >= 4 is 27.2 Å². The molecule has 2 rings (SSSR count). The van der Waals surface area contributed by atoms with Crippen LogP contribution in [0.4, 0.5) is 0 Å². The van der Waals surface area contributed by atoms with E-state index in [2.05, 4.69) is 11.6 Å². The molecule has 0 aromatic heterocycles. The molecule has 0 aliphatic heterocycles. The van der Waals surface area contributed by atoms with E-state index in [0.717, 1.165) is 19.3 Å². The summed E-state index contributed by atoms with van der Waals surface area (Å²) >= 11 is 4.84. The lowest BCUT2D eigenvalue weighted by atomic mass is 10.2. The number of hydrogen-bond donors (Lipinski definition) is 2.